The van der Waals surface area contributed by atoms with Crippen LogP contribution in [0.3, 0.4) is 0 Å². The minimum absolute atomic E-state index is 0.447. The number of halogens is 1. The fraction of sp³-hybridized carbons (Fsp3) is 0.500. The van der Waals surface area contributed by atoms with Crippen LogP contribution in [0.4, 0.5) is 4.79 Å². The Morgan fingerprint density at radius 1 is 1.56 bits per heavy atom. The molecule has 0 radical (unpaired) electrons. The van der Waals surface area contributed by atoms with E-state index in [1.54, 1.807) is 0 Å². The Morgan fingerprint density at radius 3 is 2.94 bits per heavy atom. The van der Waals surface area contributed by atoms with Crippen LogP contribution in [0.5, 0.6) is 0 Å². The van der Waals surface area contributed by atoms with Crippen LogP contribution in [0, 0.1) is 0 Å². The van der Waals surface area contributed by atoms with Gasteiger partial charge in [-0.15, -0.1) is 0 Å². The van der Waals surface area contributed by atoms with Gasteiger partial charge in [-0.25, -0.2) is 4.79 Å². The van der Waals surface area contributed by atoms with Gasteiger partial charge in [0.15, 0.2) is 0 Å². The molecule has 0 saturated heterocycles. The molecule has 0 fully saturated rings. The van der Waals surface area contributed by atoms with Crippen LogP contribution < -0.4 is 5.73 Å². The van der Waals surface area contributed by atoms with E-state index in [4.69, 9.17) is 10.5 Å². The summed E-state index contributed by atoms with van der Waals surface area (Å²) in [7, 11) is 0. The second-order valence-electron chi connectivity index (χ2n) is 5.46. The first-order chi connectivity index (χ1) is 8.37. The number of aryl methyl sites for hydroxylation is 1. The lowest BCUT2D eigenvalue weighted by atomic mass is 9.89. The summed E-state index contributed by atoms with van der Waals surface area (Å²) in [6.45, 7) is 3.82. The van der Waals surface area contributed by atoms with Crippen LogP contribution in [0.2, 0.25) is 0 Å². The van der Waals surface area contributed by atoms with Crippen molar-refractivity contribution in [3.63, 3.8) is 0 Å². The topological polar surface area (TPSA) is 52.3 Å². The van der Waals surface area contributed by atoms with Crippen LogP contribution in [-0.4, -0.2) is 11.7 Å². The van der Waals surface area contributed by atoms with Gasteiger partial charge in [0.2, 0.25) is 0 Å². The molecule has 98 valence electrons. The van der Waals surface area contributed by atoms with Crippen LogP contribution in [0.1, 0.15) is 43.7 Å². The van der Waals surface area contributed by atoms with Crippen molar-refractivity contribution in [2.75, 3.05) is 0 Å². The van der Waals surface area contributed by atoms with Crippen molar-refractivity contribution in [3.8, 4) is 0 Å². The highest BCUT2D eigenvalue weighted by atomic mass is 79.9. The average Bonchev–Trinajstić information content (AvgIpc) is 2.57. The van der Waals surface area contributed by atoms with E-state index in [-0.39, 0.29) is 0 Å². The molecule has 0 saturated carbocycles. The molecule has 0 bridgehead atoms. The summed E-state index contributed by atoms with van der Waals surface area (Å²) in [6, 6.07) is 6.41. The second-order valence-corrected chi connectivity index (χ2v) is 6.38. The number of rotatable bonds is 3. The van der Waals surface area contributed by atoms with E-state index in [1.165, 1.54) is 11.1 Å². The van der Waals surface area contributed by atoms with Gasteiger partial charge in [0.25, 0.3) is 0 Å². The van der Waals surface area contributed by atoms with E-state index in [2.05, 4.69) is 34.1 Å². The van der Waals surface area contributed by atoms with Gasteiger partial charge in [-0.2, -0.15) is 0 Å². The second kappa shape index (κ2) is 4.92. The first-order valence-corrected chi connectivity index (χ1v) is 6.93. The molecular weight excluding hydrogens is 294 g/mol. The zero-order chi connectivity index (χ0) is 13.3. The number of hydrogen-bond acceptors (Lipinski definition) is 2. The van der Waals surface area contributed by atoms with Crippen LogP contribution in [-0.2, 0) is 11.2 Å². The molecule has 18 heavy (non-hydrogen) atoms. The van der Waals surface area contributed by atoms with Crippen LogP contribution >= 0.6 is 15.9 Å². The summed E-state index contributed by atoms with van der Waals surface area (Å²) < 4.78 is 6.29. The van der Waals surface area contributed by atoms with Crippen LogP contribution in [0.25, 0.3) is 0 Å². The SMILES string of the molecule is CC(C)(CC1CCc2cc(Br)ccc21)OC(N)=O. The number of nitrogens with two attached hydrogens (primary N) is 1. The summed E-state index contributed by atoms with van der Waals surface area (Å²) >= 11 is 3.49. The average molecular weight is 312 g/mol. The van der Waals surface area contributed by atoms with Gasteiger partial charge in [0, 0.05) is 4.47 Å². The highest BCUT2D eigenvalue weighted by Crippen LogP contribution is 2.40. The first-order valence-electron chi connectivity index (χ1n) is 6.14. The molecule has 1 aliphatic rings. The molecule has 1 aromatic rings. The fourth-order valence-electron chi connectivity index (χ4n) is 2.79. The maximum Gasteiger partial charge on any atom is 0.405 e. The zero-order valence-electron chi connectivity index (χ0n) is 10.7. The minimum Gasteiger partial charge on any atom is -0.444 e. The monoisotopic (exact) mass is 311 g/mol. The normalized spacial score (nSPS) is 18.5. The van der Waals surface area contributed by atoms with Gasteiger partial charge in [-0.1, -0.05) is 22.0 Å². The molecule has 1 aliphatic carbocycles. The molecule has 0 aliphatic heterocycles. The quantitative estimate of drug-likeness (QED) is 0.924. The van der Waals surface area contributed by atoms with Crippen molar-refractivity contribution < 1.29 is 9.53 Å². The molecule has 1 atom stereocenters. The zero-order valence-corrected chi connectivity index (χ0v) is 12.3. The summed E-state index contributed by atoms with van der Waals surface area (Å²) in [5.74, 6) is 0.447. The summed E-state index contributed by atoms with van der Waals surface area (Å²) in [5.41, 5.74) is 7.36. The number of amides is 1. The van der Waals surface area contributed by atoms with Crippen molar-refractivity contribution in [1.29, 1.82) is 0 Å². The van der Waals surface area contributed by atoms with Gasteiger partial charge in [0.1, 0.15) is 5.60 Å². The number of carbonyl (C=O) groups is 1. The number of benzene rings is 1. The number of primary amides is 1. The predicted octanol–water partition coefficient (Wildman–Crippen LogP) is 3.74. The lowest BCUT2D eigenvalue weighted by molar-refractivity contribution is 0.0337. The number of fused-ring (bicyclic) bond motifs is 1. The third-order valence-electron chi connectivity index (χ3n) is 3.42. The molecule has 1 unspecified atom stereocenters. The van der Waals surface area contributed by atoms with Crippen LogP contribution in [0.15, 0.2) is 22.7 Å². The summed E-state index contributed by atoms with van der Waals surface area (Å²) in [5, 5.41) is 0. The molecule has 1 aromatic carbocycles. The largest absolute Gasteiger partial charge is 0.444 e. The molecule has 2 rings (SSSR count). The van der Waals surface area contributed by atoms with Crippen molar-refractivity contribution in [3.05, 3.63) is 33.8 Å². The lowest BCUT2D eigenvalue weighted by Crippen LogP contribution is -2.32. The smallest absolute Gasteiger partial charge is 0.405 e. The minimum atomic E-state index is -0.700. The summed E-state index contributed by atoms with van der Waals surface area (Å²) in [4.78, 5) is 10.9. The Balaban J connectivity index is 2.12. The maximum atomic E-state index is 10.9. The maximum absolute atomic E-state index is 10.9. The van der Waals surface area contributed by atoms with E-state index in [0.29, 0.717) is 5.92 Å². The van der Waals surface area contributed by atoms with E-state index < -0.39 is 11.7 Å². The number of ether oxygens (including phenoxy) is 1. The summed E-state index contributed by atoms with van der Waals surface area (Å²) in [6.07, 6.45) is 2.31. The molecule has 0 heterocycles. The standard InChI is InChI=1S/C14H18BrNO2/c1-14(2,18-13(16)17)8-10-4-3-9-7-11(15)5-6-12(9)10/h5-7,10H,3-4,8H2,1-2H3,(H2,16,17). The lowest BCUT2D eigenvalue weighted by Gasteiger charge is -2.27. The molecular formula is C14H18BrNO2. The van der Waals surface area contributed by atoms with Crippen molar-refractivity contribution in [2.24, 2.45) is 5.73 Å². The van der Waals surface area contributed by atoms with Crippen molar-refractivity contribution >= 4 is 22.0 Å². The molecule has 0 aromatic heterocycles. The van der Waals surface area contributed by atoms with E-state index in [9.17, 15) is 4.79 Å². The Morgan fingerprint density at radius 2 is 2.28 bits per heavy atom. The van der Waals surface area contributed by atoms with Crippen molar-refractivity contribution in [1.82, 2.24) is 0 Å². The molecule has 2 N–H and O–H groups in total. The third kappa shape index (κ3) is 3.05. The Labute approximate surface area is 116 Å². The Kier molecular flexibility index (Phi) is 3.66. The predicted molar refractivity (Wildman–Crippen MR) is 74.6 cm³/mol. The van der Waals surface area contributed by atoms with Crippen molar-refractivity contribution in [2.45, 2.75) is 44.6 Å². The molecule has 0 spiro atoms. The molecule has 4 heteroatoms. The molecule has 3 nitrogen and oxygen atoms in total. The van der Waals surface area contributed by atoms with E-state index in [1.807, 2.05) is 13.8 Å². The van der Waals surface area contributed by atoms with Gasteiger partial charge < -0.3 is 10.5 Å². The highest BCUT2D eigenvalue weighted by Gasteiger charge is 2.31. The van der Waals surface area contributed by atoms with Gasteiger partial charge in [0.05, 0.1) is 0 Å². The fourth-order valence-corrected chi connectivity index (χ4v) is 3.20. The Hall–Kier alpha value is -1.03. The van der Waals surface area contributed by atoms with Gasteiger partial charge in [-0.3, -0.25) is 0 Å². The van der Waals surface area contributed by atoms with Gasteiger partial charge in [-0.05, 0) is 62.3 Å². The number of hydrogen-bond donors (Lipinski definition) is 1. The highest BCUT2D eigenvalue weighted by molar-refractivity contribution is 9.10. The van der Waals surface area contributed by atoms with Gasteiger partial charge >= 0.3 is 6.09 Å². The van der Waals surface area contributed by atoms with E-state index in [0.717, 1.165) is 23.7 Å². The third-order valence-corrected chi connectivity index (χ3v) is 3.92. The first kappa shape index (κ1) is 13.4. The number of carbonyl (C=O) groups excluding carboxylic acids is 1. The van der Waals surface area contributed by atoms with E-state index >= 15 is 0 Å². The molecule has 1 amide bonds. The Bertz CT molecular complexity index is 471.